The van der Waals surface area contributed by atoms with Crippen molar-refractivity contribution in [3.05, 3.63) is 75.3 Å². The van der Waals surface area contributed by atoms with Crippen LogP contribution in [-0.2, 0) is 14.3 Å². The molecule has 0 unspecified atom stereocenters. The van der Waals surface area contributed by atoms with E-state index < -0.39 is 5.92 Å². The van der Waals surface area contributed by atoms with E-state index >= 15 is 0 Å². The number of hydrogen-bond donors (Lipinski definition) is 2. The second-order valence-electron chi connectivity index (χ2n) is 6.52. The summed E-state index contributed by atoms with van der Waals surface area (Å²) in [6.45, 7) is 3.75. The van der Waals surface area contributed by atoms with Gasteiger partial charge in [0, 0.05) is 16.4 Å². The van der Waals surface area contributed by atoms with Gasteiger partial charge in [0.2, 0.25) is 0 Å². The van der Waals surface area contributed by atoms with E-state index in [1.807, 2.05) is 0 Å². The maximum absolute atomic E-state index is 13.2. The molecule has 31 heavy (non-hydrogen) atoms. The van der Waals surface area contributed by atoms with Crippen molar-refractivity contribution >= 4 is 40.9 Å². The third-order valence-corrected chi connectivity index (χ3v) is 5.70. The van der Waals surface area contributed by atoms with Crippen LogP contribution < -0.4 is 10.6 Å². The number of ether oxygens (including phenoxy) is 1. The summed E-state index contributed by atoms with van der Waals surface area (Å²) in [6, 6.07) is 12.3. The summed E-state index contributed by atoms with van der Waals surface area (Å²) >= 11 is 7.07. The topological polar surface area (TPSA) is 104 Å². The van der Waals surface area contributed by atoms with E-state index in [2.05, 4.69) is 16.7 Å². The highest BCUT2D eigenvalue weighted by Gasteiger charge is 2.36. The number of carbonyl (C=O) groups is 2. The van der Waals surface area contributed by atoms with E-state index in [0.717, 1.165) is 11.8 Å². The molecule has 0 saturated heterocycles. The molecule has 0 aliphatic carbocycles. The maximum Gasteiger partial charge on any atom is 0.316 e. The van der Waals surface area contributed by atoms with Crippen LogP contribution in [0.1, 0.15) is 25.5 Å². The number of halogens is 1. The predicted octanol–water partition coefficient (Wildman–Crippen LogP) is 4.56. The summed E-state index contributed by atoms with van der Waals surface area (Å²) in [5, 5.41) is 16.9. The van der Waals surface area contributed by atoms with Gasteiger partial charge >= 0.3 is 5.97 Å². The number of furan rings is 1. The lowest BCUT2D eigenvalue weighted by molar-refractivity contribution is -0.139. The number of allylic oxidation sites excluding steroid dienone is 2. The lowest BCUT2D eigenvalue weighted by Crippen LogP contribution is -2.30. The van der Waals surface area contributed by atoms with Crippen molar-refractivity contribution in [3.8, 4) is 6.07 Å². The molecular weight excluding hydrogens is 438 g/mol. The number of thioether (sulfide) groups is 1. The van der Waals surface area contributed by atoms with Crippen LogP contribution >= 0.6 is 23.4 Å². The summed E-state index contributed by atoms with van der Waals surface area (Å²) in [5.74, 6) is -1.00. The van der Waals surface area contributed by atoms with Gasteiger partial charge in [0.25, 0.3) is 5.91 Å². The van der Waals surface area contributed by atoms with Gasteiger partial charge in [-0.3, -0.25) is 9.59 Å². The molecule has 0 saturated carbocycles. The number of nitriles is 1. The molecule has 9 heteroatoms. The van der Waals surface area contributed by atoms with Gasteiger partial charge in [-0.15, -0.1) is 0 Å². The summed E-state index contributed by atoms with van der Waals surface area (Å²) in [4.78, 5) is 25.0. The Morgan fingerprint density at radius 2 is 2.06 bits per heavy atom. The highest BCUT2D eigenvalue weighted by Crippen LogP contribution is 2.41. The summed E-state index contributed by atoms with van der Waals surface area (Å²) in [5.41, 5.74) is 1.76. The molecule has 7 nitrogen and oxygen atoms in total. The van der Waals surface area contributed by atoms with Gasteiger partial charge in [0.05, 0.1) is 46.8 Å². The van der Waals surface area contributed by atoms with E-state index in [-0.39, 0.29) is 29.8 Å². The smallest absolute Gasteiger partial charge is 0.316 e. The monoisotopic (exact) mass is 457 g/mol. The Balaban J connectivity index is 1.94. The number of hydrogen-bond acceptors (Lipinski definition) is 7. The number of carbonyl (C=O) groups excluding carboxylic acids is 2. The molecule has 1 aliphatic heterocycles. The van der Waals surface area contributed by atoms with Crippen molar-refractivity contribution in [2.24, 2.45) is 0 Å². The molecule has 1 aromatic heterocycles. The molecule has 3 rings (SSSR count). The fourth-order valence-electron chi connectivity index (χ4n) is 3.13. The first-order valence-corrected chi connectivity index (χ1v) is 10.8. The Morgan fingerprint density at radius 3 is 2.68 bits per heavy atom. The van der Waals surface area contributed by atoms with E-state index in [4.69, 9.17) is 20.8 Å². The van der Waals surface area contributed by atoms with Crippen LogP contribution in [0.5, 0.6) is 0 Å². The van der Waals surface area contributed by atoms with Crippen molar-refractivity contribution in [1.29, 1.82) is 5.26 Å². The van der Waals surface area contributed by atoms with Crippen molar-refractivity contribution in [1.82, 2.24) is 5.32 Å². The van der Waals surface area contributed by atoms with E-state index in [9.17, 15) is 14.9 Å². The number of nitrogens with zero attached hydrogens (tertiary/aromatic N) is 1. The summed E-state index contributed by atoms with van der Waals surface area (Å²) < 4.78 is 10.5. The van der Waals surface area contributed by atoms with Crippen molar-refractivity contribution in [3.63, 3.8) is 0 Å². The third-order valence-electron chi connectivity index (χ3n) is 4.46. The minimum atomic E-state index is -0.724. The van der Waals surface area contributed by atoms with Gasteiger partial charge in [-0.1, -0.05) is 23.4 Å². The first kappa shape index (κ1) is 22.5. The van der Waals surface area contributed by atoms with Crippen LogP contribution in [0.2, 0.25) is 5.02 Å². The van der Waals surface area contributed by atoms with Crippen LogP contribution in [0.15, 0.2) is 69.0 Å². The first-order valence-electron chi connectivity index (χ1n) is 9.45. The number of dihydropyridines is 1. The zero-order valence-corrected chi connectivity index (χ0v) is 18.5. The Morgan fingerprint density at radius 1 is 1.32 bits per heavy atom. The van der Waals surface area contributed by atoms with Crippen molar-refractivity contribution in [2.45, 2.75) is 19.8 Å². The lowest BCUT2D eigenvalue weighted by Gasteiger charge is -2.28. The van der Waals surface area contributed by atoms with Gasteiger partial charge in [0.1, 0.15) is 5.76 Å². The van der Waals surface area contributed by atoms with Gasteiger partial charge in [0.15, 0.2) is 0 Å². The van der Waals surface area contributed by atoms with Crippen molar-refractivity contribution in [2.75, 3.05) is 17.7 Å². The number of esters is 1. The number of amides is 1. The molecule has 1 aromatic carbocycles. The van der Waals surface area contributed by atoms with Gasteiger partial charge in [-0.2, -0.15) is 5.26 Å². The Labute approximate surface area is 189 Å². The molecule has 1 amide bonds. The first-order chi connectivity index (χ1) is 14.9. The second kappa shape index (κ2) is 10.2. The van der Waals surface area contributed by atoms with Crippen LogP contribution in [0.3, 0.4) is 0 Å². The Bertz CT molecular complexity index is 1070. The molecule has 1 aliphatic rings. The third kappa shape index (κ3) is 5.32. The van der Waals surface area contributed by atoms with E-state index in [1.165, 1.54) is 6.26 Å². The van der Waals surface area contributed by atoms with E-state index in [0.29, 0.717) is 32.8 Å². The van der Waals surface area contributed by atoms with Crippen LogP contribution in [0.25, 0.3) is 0 Å². The fourth-order valence-corrected chi connectivity index (χ4v) is 4.15. The van der Waals surface area contributed by atoms with Crippen LogP contribution in [-0.4, -0.2) is 24.2 Å². The maximum atomic E-state index is 13.2. The zero-order valence-electron chi connectivity index (χ0n) is 16.9. The Hall–Kier alpha value is -3.15. The lowest BCUT2D eigenvalue weighted by atomic mass is 9.85. The number of benzene rings is 1. The minimum absolute atomic E-state index is 0.0335. The predicted molar refractivity (Wildman–Crippen MR) is 119 cm³/mol. The van der Waals surface area contributed by atoms with Crippen LogP contribution in [0, 0.1) is 11.3 Å². The SMILES string of the molecule is CCOC(=O)CSC1=C(C#N)[C@H](c2ccco2)C(C(=O)Nc2ccc(Cl)cc2)=C(C)N1. The highest BCUT2D eigenvalue weighted by atomic mass is 35.5. The quantitative estimate of drug-likeness (QED) is 0.587. The Kier molecular flexibility index (Phi) is 7.45. The van der Waals surface area contributed by atoms with Gasteiger partial charge in [-0.25, -0.2) is 0 Å². The zero-order chi connectivity index (χ0) is 22.4. The molecule has 2 N–H and O–H groups in total. The van der Waals surface area contributed by atoms with Crippen LogP contribution in [0.4, 0.5) is 5.69 Å². The minimum Gasteiger partial charge on any atom is -0.468 e. The number of rotatable bonds is 7. The van der Waals surface area contributed by atoms with Crippen molar-refractivity contribution < 1.29 is 18.7 Å². The van der Waals surface area contributed by atoms with E-state index in [1.54, 1.807) is 50.2 Å². The fraction of sp³-hybridized carbons (Fsp3) is 0.227. The molecule has 160 valence electrons. The molecule has 2 heterocycles. The molecule has 1 atom stereocenters. The molecule has 0 radical (unpaired) electrons. The molecular formula is C22H20ClN3O4S. The largest absolute Gasteiger partial charge is 0.468 e. The molecule has 0 spiro atoms. The normalized spacial score (nSPS) is 15.9. The van der Waals surface area contributed by atoms with Gasteiger partial charge < -0.3 is 19.8 Å². The molecule has 0 bridgehead atoms. The highest BCUT2D eigenvalue weighted by molar-refractivity contribution is 8.03. The second-order valence-corrected chi connectivity index (χ2v) is 7.94. The molecule has 2 aromatic rings. The summed E-state index contributed by atoms with van der Waals surface area (Å²) in [7, 11) is 0. The number of anilines is 1. The standard InChI is InChI=1S/C22H20ClN3O4S/c1-3-29-18(27)12-31-22-16(11-24)20(17-5-4-10-30-17)19(13(2)25-22)21(28)26-15-8-6-14(23)7-9-15/h4-10,20,25H,3,12H2,1-2H3,(H,26,28)/t20-/m1/s1. The van der Waals surface area contributed by atoms with Gasteiger partial charge in [-0.05, 0) is 50.2 Å². The summed E-state index contributed by atoms with van der Waals surface area (Å²) in [6.07, 6.45) is 1.49. The molecule has 0 fully saturated rings. The average Bonchev–Trinajstić information content (AvgIpc) is 3.28. The average molecular weight is 458 g/mol. The number of nitrogens with one attached hydrogen (secondary N) is 2.